The van der Waals surface area contributed by atoms with Crippen LogP contribution in [0.15, 0.2) is 0 Å². The van der Waals surface area contributed by atoms with Crippen molar-refractivity contribution in [3.63, 3.8) is 0 Å². The minimum absolute atomic E-state index is 0.0188. The van der Waals surface area contributed by atoms with Gasteiger partial charge in [0.2, 0.25) is 5.91 Å². The minimum atomic E-state index is -0.135. The lowest BCUT2D eigenvalue weighted by atomic mass is 10.1. The zero-order valence-electron chi connectivity index (χ0n) is 6.74. The number of hydrazine groups is 1. The number of rotatable bonds is 0. The maximum atomic E-state index is 11.1. The molecule has 1 unspecified atom stereocenters. The second-order valence-corrected chi connectivity index (χ2v) is 2.79. The first-order chi connectivity index (χ1) is 5.15. The topological polar surface area (TPSA) is 47.3 Å². The van der Waals surface area contributed by atoms with Gasteiger partial charge in [0.1, 0.15) is 0 Å². The van der Waals surface area contributed by atoms with Crippen molar-refractivity contribution in [1.82, 2.24) is 10.0 Å². The van der Waals surface area contributed by atoms with E-state index in [1.807, 2.05) is 0 Å². The number of hydrogen-bond acceptors (Lipinski definition) is 3. The molecule has 4 nitrogen and oxygen atoms in total. The molecule has 60 valence electrons. The van der Waals surface area contributed by atoms with Crippen LogP contribution in [-0.4, -0.2) is 36.6 Å². The van der Waals surface area contributed by atoms with Gasteiger partial charge in [0.15, 0.2) is 0 Å². The highest BCUT2D eigenvalue weighted by Gasteiger charge is 2.26. The summed E-state index contributed by atoms with van der Waals surface area (Å²) in [6.45, 7) is 0.652. The van der Waals surface area contributed by atoms with Crippen molar-refractivity contribution >= 4 is 5.91 Å². The molecule has 1 aliphatic rings. The number of nitriles is 1. The van der Waals surface area contributed by atoms with Crippen molar-refractivity contribution in [3.8, 4) is 6.07 Å². The van der Waals surface area contributed by atoms with E-state index >= 15 is 0 Å². The summed E-state index contributed by atoms with van der Waals surface area (Å²) in [4.78, 5) is 11.1. The monoisotopic (exact) mass is 153 g/mol. The van der Waals surface area contributed by atoms with Gasteiger partial charge in [-0.05, 0) is 0 Å². The largest absolute Gasteiger partial charge is 0.279 e. The van der Waals surface area contributed by atoms with Crippen LogP contribution < -0.4 is 0 Å². The Bertz CT molecular complexity index is 208. The molecule has 1 heterocycles. The molecule has 0 aliphatic carbocycles. The van der Waals surface area contributed by atoms with E-state index in [1.165, 1.54) is 0 Å². The van der Waals surface area contributed by atoms with Crippen LogP contribution >= 0.6 is 0 Å². The molecule has 11 heavy (non-hydrogen) atoms. The molecule has 1 atom stereocenters. The van der Waals surface area contributed by atoms with Crippen molar-refractivity contribution in [2.24, 2.45) is 5.92 Å². The fourth-order valence-corrected chi connectivity index (χ4v) is 1.13. The Balaban J connectivity index is 2.64. The predicted molar refractivity (Wildman–Crippen MR) is 39.1 cm³/mol. The van der Waals surface area contributed by atoms with Crippen LogP contribution in [0.4, 0.5) is 0 Å². The van der Waals surface area contributed by atoms with Gasteiger partial charge in [0, 0.05) is 27.1 Å². The molecule has 0 aromatic heterocycles. The molecule has 1 saturated heterocycles. The van der Waals surface area contributed by atoms with Crippen molar-refractivity contribution in [3.05, 3.63) is 0 Å². The molecule has 4 heteroatoms. The Labute approximate surface area is 66.0 Å². The van der Waals surface area contributed by atoms with E-state index in [4.69, 9.17) is 5.26 Å². The van der Waals surface area contributed by atoms with Gasteiger partial charge in [-0.2, -0.15) is 5.26 Å². The van der Waals surface area contributed by atoms with Crippen molar-refractivity contribution in [2.45, 2.75) is 6.42 Å². The molecule has 0 spiro atoms. The van der Waals surface area contributed by atoms with Crippen LogP contribution in [0.3, 0.4) is 0 Å². The number of carbonyl (C=O) groups excluding carboxylic acids is 1. The fourth-order valence-electron chi connectivity index (χ4n) is 1.13. The number of hydrogen-bond donors (Lipinski definition) is 0. The average molecular weight is 153 g/mol. The quantitative estimate of drug-likeness (QED) is 0.485. The highest BCUT2D eigenvalue weighted by molar-refractivity contribution is 5.76. The first kappa shape index (κ1) is 8.02. The summed E-state index contributed by atoms with van der Waals surface area (Å²) in [5, 5.41) is 11.9. The van der Waals surface area contributed by atoms with E-state index in [0.717, 1.165) is 0 Å². The lowest BCUT2D eigenvalue weighted by Gasteiger charge is -2.34. The van der Waals surface area contributed by atoms with Crippen LogP contribution in [0.5, 0.6) is 0 Å². The maximum Gasteiger partial charge on any atom is 0.237 e. The van der Waals surface area contributed by atoms with Crippen molar-refractivity contribution < 1.29 is 4.79 Å². The molecule has 1 fully saturated rings. The highest BCUT2D eigenvalue weighted by Crippen LogP contribution is 2.13. The van der Waals surface area contributed by atoms with Crippen LogP contribution in [0.2, 0.25) is 0 Å². The Morgan fingerprint density at radius 2 is 2.27 bits per heavy atom. The molecule has 0 bridgehead atoms. The van der Waals surface area contributed by atoms with Crippen LogP contribution in [-0.2, 0) is 4.79 Å². The summed E-state index contributed by atoms with van der Waals surface area (Å²) in [6.07, 6.45) is 0.358. The third-order valence-corrected chi connectivity index (χ3v) is 1.96. The third-order valence-electron chi connectivity index (χ3n) is 1.96. The highest BCUT2D eigenvalue weighted by atomic mass is 16.2. The standard InChI is InChI=1S/C7H11N3O/c1-9-5-6(4-8)3-7(11)10(9)2/h6H,3,5H2,1-2H3. The first-order valence-electron chi connectivity index (χ1n) is 3.52. The molecule has 0 N–H and O–H groups in total. The SMILES string of the molecule is CN1CC(C#N)CC(=O)N1C. The summed E-state index contributed by atoms with van der Waals surface area (Å²) in [7, 11) is 3.53. The van der Waals surface area contributed by atoms with Gasteiger partial charge in [-0.1, -0.05) is 0 Å². The van der Waals surface area contributed by atoms with Gasteiger partial charge >= 0.3 is 0 Å². The Morgan fingerprint density at radius 3 is 2.73 bits per heavy atom. The predicted octanol–water partition coefficient (Wildman–Crippen LogP) is -0.165. The van der Waals surface area contributed by atoms with Gasteiger partial charge in [0.25, 0.3) is 0 Å². The van der Waals surface area contributed by atoms with E-state index < -0.39 is 0 Å². The van der Waals surface area contributed by atoms with E-state index in [0.29, 0.717) is 13.0 Å². The lowest BCUT2D eigenvalue weighted by molar-refractivity contribution is -0.150. The van der Waals surface area contributed by atoms with Gasteiger partial charge < -0.3 is 0 Å². The van der Waals surface area contributed by atoms with Crippen molar-refractivity contribution in [1.29, 1.82) is 5.26 Å². The molecular weight excluding hydrogens is 142 g/mol. The second kappa shape index (κ2) is 2.89. The lowest BCUT2D eigenvalue weighted by Crippen LogP contribution is -2.48. The smallest absolute Gasteiger partial charge is 0.237 e. The number of carbonyl (C=O) groups is 1. The Morgan fingerprint density at radius 1 is 1.64 bits per heavy atom. The molecule has 0 aromatic rings. The van der Waals surface area contributed by atoms with E-state index in [-0.39, 0.29) is 11.8 Å². The second-order valence-electron chi connectivity index (χ2n) is 2.79. The number of nitrogens with zero attached hydrogens (tertiary/aromatic N) is 3. The van der Waals surface area contributed by atoms with Crippen LogP contribution in [0.25, 0.3) is 0 Å². The van der Waals surface area contributed by atoms with Crippen LogP contribution in [0, 0.1) is 17.2 Å². The molecule has 1 amide bonds. The normalized spacial score (nSPS) is 26.8. The first-order valence-corrected chi connectivity index (χ1v) is 3.52. The maximum absolute atomic E-state index is 11.1. The summed E-state index contributed by atoms with van der Waals surface area (Å²) < 4.78 is 0. The van der Waals surface area contributed by atoms with E-state index in [2.05, 4.69) is 6.07 Å². The van der Waals surface area contributed by atoms with E-state index in [1.54, 1.807) is 24.1 Å². The zero-order valence-corrected chi connectivity index (χ0v) is 6.74. The molecule has 1 aliphatic heterocycles. The summed E-state index contributed by atoms with van der Waals surface area (Å²) in [5.41, 5.74) is 0. The summed E-state index contributed by atoms with van der Waals surface area (Å²) in [6, 6.07) is 2.10. The summed E-state index contributed by atoms with van der Waals surface area (Å²) >= 11 is 0. The Kier molecular flexibility index (Phi) is 2.11. The molecule has 0 radical (unpaired) electrons. The van der Waals surface area contributed by atoms with Gasteiger partial charge in [-0.15, -0.1) is 0 Å². The molecule has 1 rings (SSSR count). The molecule has 0 aromatic carbocycles. The van der Waals surface area contributed by atoms with Crippen LogP contribution in [0.1, 0.15) is 6.42 Å². The van der Waals surface area contributed by atoms with E-state index in [9.17, 15) is 4.79 Å². The Hall–Kier alpha value is -1.08. The van der Waals surface area contributed by atoms with Crippen molar-refractivity contribution in [2.75, 3.05) is 20.6 Å². The zero-order chi connectivity index (χ0) is 8.43. The molecular formula is C7H11N3O. The average Bonchev–Trinajstić information content (AvgIpc) is 1.99. The number of amides is 1. The fraction of sp³-hybridized carbons (Fsp3) is 0.714. The molecule has 0 saturated carbocycles. The van der Waals surface area contributed by atoms with Gasteiger partial charge in [-0.3, -0.25) is 9.80 Å². The third kappa shape index (κ3) is 1.49. The van der Waals surface area contributed by atoms with Gasteiger partial charge in [0.05, 0.1) is 12.0 Å². The summed E-state index contributed by atoms with van der Waals surface area (Å²) in [5.74, 6) is -0.117. The van der Waals surface area contributed by atoms with Gasteiger partial charge in [-0.25, -0.2) is 5.01 Å². The minimum Gasteiger partial charge on any atom is -0.279 e.